The summed E-state index contributed by atoms with van der Waals surface area (Å²) in [6, 6.07) is 2.90. The van der Waals surface area contributed by atoms with Gasteiger partial charge >= 0.3 is 12.0 Å². The Kier molecular flexibility index (Phi) is 4.93. The third kappa shape index (κ3) is 4.96. The minimum Gasteiger partial charge on any atom is -0.481 e. The van der Waals surface area contributed by atoms with Gasteiger partial charge in [0.05, 0.1) is 24.0 Å². The van der Waals surface area contributed by atoms with Crippen LogP contribution in [0, 0.1) is 0 Å². The van der Waals surface area contributed by atoms with E-state index in [0.717, 1.165) is 6.42 Å². The average Bonchev–Trinajstić information content (AvgIpc) is 2.28. The van der Waals surface area contributed by atoms with Gasteiger partial charge in [-0.05, 0) is 18.6 Å². The quantitative estimate of drug-likeness (QED) is 0.718. The Hall–Kier alpha value is -2.11. The number of rotatable bonds is 5. The van der Waals surface area contributed by atoms with Gasteiger partial charge < -0.3 is 15.7 Å². The number of amides is 2. The molecule has 6 nitrogen and oxygen atoms in total. The number of nitrogens with zero attached hydrogens (tertiary/aromatic N) is 1. The van der Waals surface area contributed by atoms with E-state index < -0.39 is 5.97 Å². The van der Waals surface area contributed by atoms with Crippen molar-refractivity contribution in [1.29, 1.82) is 0 Å². The molecule has 0 aliphatic rings. The first-order valence-electron chi connectivity index (χ1n) is 5.33. The number of aromatic nitrogens is 1. The molecule has 6 heteroatoms. The lowest BCUT2D eigenvalue weighted by Crippen LogP contribution is -2.29. The van der Waals surface area contributed by atoms with E-state index >= 15 is 0 Å². The molecule has 1 aromatic heterocycles. The Morgan fingerprint density at radius 1 is 1.41 bits per heavy atom. The SMILES string of the molecule is CCCNC(=O)Nc1ccc(CC(=O)O)nc1. The van der Waals surface area contributed by atoms with Gasteiger partial charge in [0.2, 0.25) is 0 Å². The Morgan fingerprint density at radius 2 is 2.18 bits per heavy atom. The van der Waals surface area contributed by atoms with E-state index in [1.165, 1.54) is 6.20 Å². The predicted octanol–water partition coefficient (Wildman–Crippen LogP) is 1.24. The van der Waals surface area contributed by atoms with Crippen molar-refractivity contribution in [2.24, 2.45) is 0 Å². The predicted molar refractivity (Wildman–Crippen MR) is 62.9 cm³/mol. The summed E-state index contributed by atoms with van der Waals surface area (Å²) in [5, 5.41) is 13.8. The van der Waals surface area contributed by atoms with Crippen LogP contribution >= 0.6 is 0 Å². The molecule has 3 N–H and O–H groups in total. The monoisotopic (exact) mass is 237 g/mol. The fourth-order valence-electron chi connectivity index (χ4n) is 1.17. The molecular formula is C11H15N3O3. The summed E-state index contributed by atoms with van der Waals surface area (Å²) in [6.45, 7) is 2.57. The van der Waals surface area contributed by atoms with E-state index in [-0.39, 0.29) is 12.5 Å². The van der Waals surface area contributed by atoms with E-state index in [1.807, 2.05) is 6.92 Å². The second kappa shape index (κ2) is 6.47. The van der Waals surface area contributed by atoms with Crippen LogP contribution in [0.15, 0.2) is 18.3 Å². The third-order valence-corrected chi connectivity index (χ3v) is 1.95. The number of nitrogens with one attached hydrogen (secondary N) is 2. The van der Waals surface area contributed by atoms with Gasteiger partial charge in [-0.2, -0.15) is 0 Å². The Morgan fingerprint density at radius 3 is 2.71 bits per heavy atom. The molecule has 0 atom stereocenters. The van der Waals surface area contributed by atoms with Crippen LogP contribution in [-0.4, -0.2) is 28.6 Å². The number of carbonyl (C=O) groups excluding carboxylic acids is 1. The van der Waals surface area contributed by atoms with Crippen molar-refractivity contribution < 1.29 is 14.7 Å². The normalized spacial score (nSPS) is 9.71. The highest BCUT2D eigenvalue weighted by Gasteiger charge is 2.03. The van der Waals surface area contributed by atoms with Crippen LogP contribution in [0.25, 0.3) is 0 Å². The minimum atomic E-state index is -0.932. The lowest BCUT2D eigenvalue weighted by Gasteiger charge is -2.06. The molecule has 0 bridgehead atoms. The standard InChI is InChI=1S/C11H15N3O3/c1-2-5-12-11(17)14-9-4-3-8(13-7-9)6-10(15)16/h3-4,7H,2,5-6H2,1H3,(H,15,16)(H2,12,14,17). The second-order valence-corrected chi connectivity index (χ2v) is 3.49. The van der Waals surface area contributed by atoms with Crippen LogP contribution in [0.2, 0.25) is 0 Å². The molecule has 0 aromatic carbocycles. The van der Waals surface area contributed by atoms with Crippen molar-refractivity contribution in [3.8, 4) is 0 Å². The van der Waals surface area contributed by atoms with Gasteiger partial charge in [-0.1, -0.05) is 6.92 Å². The molecule has 1 heterocycles. The zero-order valence-corrected chi connectivity index (χ0v) is 9.56. The molecule has 1 aromatic rings. The highest BCUT2D eigenvalue weighted by molar-refractivity contribution is 5.88. The summed E-state index contributed by atoms with van der Waals surface area (Å²) < 4.78 is 0. The summed E-state index contributed by atoms with van der Waals surface area (Å²) in [6.07, 6.45) is 2.18. The number of carbonyl (C=O) groups is 2. The van der Waals surface area contributed by atoms with Gasteiger partial charge in [0.25, 0.3) is 0 Å². The highest BCUT2D eigenvalue weighted by atomic mass is 16.4. The maximum absolute atomic E-state index is 11.3. The molecular weight excluding hydrogens is 222 g/mol. The van der Waals surface area contributed by atoms with E-state index in [2.05, 4.69) is 15.6 Å². The molecule has 0 saturated carbocycles. The van der Waals surface area contributed by atoms with Gasteiger partial charge in [-0.15, -0.1) is 0 Å². The van der Waals surface area contributed by atoms with Gasteiger partial charge in [-0.25, -0.2) is 4.79 Å². The first-order valence-corrected chi connectivity index (χ1v) is 5.33. The molecule has 1 rings (SSSR count). The molecule has 2 amide bonds. The van der Waals surface area contributed by atoms with Crippen molar-refractivity contribution in [2.75, 3.05) is 11.9 Å². The van der Waals surface area contributed by atoms with Crippen molar-refractivity contribution in [3.05, 3.63) is 24.0 Å². The maximum Gasteiger partial charge on any atom is 0.319 e. The van der Waals surface area contributed by atoms with Gasteiger partial charge in [0.1, 0.15) is 0 Å². The fourth-order valence-corrected chi connectivity index (χ4v) is 1.17. The number of aliphatic carboxylic acids is 1. The molecule has 0 spiro atoms. The second-order valence-electron chi connectivity index (χ2n) is 3.49. The lowest BCUT2D eigenvalue weighted by atomic mass is 10.2. The molecule has 0 fully saturated rings. The van der Waals surface area contributed by atoms with Crippen LogP contribution in [0.3, 0.4) is 0 Å². The number of hydrogen-bond donors (Lipinski definition) is 3. The van der Waals surface area contributed by atoms with Crippen LogP contribution in [-0.2, 0) is 11.2 Å². The van der Waals surface area contributed by atoms with E-state index in [4.69, 9.17) is 5.11 Å². The number of hydrogen-bond acceptors (Lipinski definition) is 3. The van der Waals surface area contributed by atoms with Gasteiger partial charge in [0, 0.05) is 6.54 Å². The first kappa shape index (κ1) is 13.0. The Bertz CT molecular complexity index is 389. The molecule has 0 unspecified atom stereocenters. The molecule has 0 aliphatic carbocycles. The number of urea groups is 1. The molecule has 0 radical (unpaired) electrons. The van der Waals surface area contributed by atoms with Crippen molar-refractivity contribution in [3.63, 3.8) is 0 Å². The first-order chi connectivity index (χ1) is 8.11. The van der Waals surface area contributed by atoms with E-state index in [1.54, 1.807) is 12.1 Å². The zero-order valence-electron chi connectivity index (χ0n) is 9.56. The topological polar surface area (TPSA) is 91.3 Å². The molecule has 17 heavy (non-hydrogen) atoms. The number of anilines is 1. The average molecular weight is 237 g/mol. The largest absolute Gasteiger partial charge is 0.481 e. The van der Waals surface area contributed by atoms with Crippen molar-refractivity contribution in [2.45, 2.75) is 19.8 Å². The summed E-state index contributed by atoms with van der Waals surface area (Å²) in [5.41, 5.74) is 0.991. The van der Waals surface area contributed by atoms with Gasteiger partial charge in [-0.3, -0.25) is 9.78 Å². The van der Waals surface area contributed by atoms with Gasteiger partial charge in [0.15, 0.2) is 0 Å². The fraction of sp³-hybridized carbons (Fsp3) is 0.364. The van der Waals surface area contributed by atoms with Crippen LogP contribution in [0.4, 0.5) is 10.5 Å². The molecule has 0 saturated heterocycles. The Labute approximate surface area is 99.1 Å². The van der Waals surface area contributed by atoms with Crippen LogP contribution in [0.5, 0.6) is 0 Å². The lowest BCUT2D eigenvalue weighted by molar-refractivity contribution is -0.136. The highest BCUT2D eigenvalue weighted by Crippen LogP contribution is 2.06. The number of carboxylic acids is 1. The smallest absolute Gasteiger partial charge is 0.319 e. The third-order valence-electron chi connectivity index (χ3n) is 1.95. The van der Waals surface area contributed by atoms with Crippen molar-refractivity contribution in [1.82, 2.24) is 10.3 Å². The summed E-state index contributed by atoms with van der Waals surface area (Å²) in [5.74, 6) is -0.932. The number of pyridine rings is 1. The van der Waals surface area contributed by atoms with E-state index in [9.17, 15) is 9.59 Å². The van der Waals surface area contributed by atoms with Crippen molar-refractivity contribution >= 4 is 17.7 Å². The number of carboxylic acid groups (broad SMARTS) is 1. The van der Waals surface area contributed by atoms with Crippen LogP contribution < -0.4 is 10.6 Å². The summed E-state index contributed by atoms with van der Waals surface area (Å²) in [4.78, 5) is 25.6. The Balaban J connectivity index is 2.50. The maximum atomic E-state index is 11.3. The summed E-state index contributed by atoms with van der Waals surface area (Å²) in [7, 11) is 0. The van der Waals surface area contributed by atoms with E-state index in [0.29, 0.717) is 17.9 Å². The van der Waals surface area contributed by atoms with Crippen LogP contribution in [0.1, 0.15) is 19.0 Å². The molecule has 0 aliphatic heterocycles. The molecule has 92 valence electrons. The zero-order chi connectivity index (χ0) is 12.7. The summed E-state index contributed by atoms with van der Waals surface area (Å²) >= 11 is 0. The minimum absolute atomic E-state index is 0.123.